The third-order valence-corrected chi connectivity index (χ3v) is 2.46. The van der Waals surface area contributed by atoms with Gasteiger partial charge < -0.3 is 14.7 Å². The molecule has 0 bridgehead atoms. The molecule has 0 radical (unpaired) electrons. The fourth-order valence-electron chi connectivity index (χ4n) is 1.63. The summed E-state index contributed by atoms with van der Waals surface area (Å²) in [6, 6.07) is 7.62. The van der Waals surface area contributed by atoms with Crippen molar-refractivity contribution in [3.63, 3.8) is 0 Å². The van der Waals surface area contributed by atoms with Gasteiger partial charge in [0.05, 0.1) is 13.0 Å². The van der Waals surface area contributed by atoms with E-state index in [0.717, 1.165) is 11.4 Å². The van der Waals surface area contributed by atoms with E-state index in [-0.39, 0.29) is 6.42 Å². The van der Waals surface area contributed by atoms with E-state index in [1.807, 2.05) is 36.1 Å². The second-order valence-corrected chi connectivity index (χ2v) is 3.81. The van der Waals surface area contributed by atoms with Crippen molar-refractivity contribution < 1.29 is 14.6 Å². The molecule has 1 rings (SSSR count). The fraction of sp³-hybridized carbons (Fsp3) is 0.357. The number of carboxylic acid groups (broad SMARTS) is 1. The number of rotatable bonds is 8. The standard InChI is InChI=1S/C14H19NO3/c1-3-10-15(11-9-14(16)17)12-5-7-13(8-6-12)18-4-2/h3,5-8H,1,4,9-11H2,2H3,(H,16,17). The molecule has 1 N–H and O–H groups in total. The van der Waals surface area contributed by atoms with Gasteiger partial charge in [-0.3, -0.25) is 4.79 Å². The van der Waals surface area contributed by atoms with Crippen molar-refractivity contribution in [2.24, 2.45) is 0 Å². The molecule has 98 valence electrons. The number of hydrogen-bond donors (Lipinski definition) is 1. The van der Waals surface area contributed by atoms with E-state index in [2.05, 4.69) is 6.58 Å². The number of carboxylic acids is 1. The molecule has 0 amide bonds. The monoisotopic (exact) mass is 249 g/mol. The van der Waals surface area contributed by atoms with Crippen LogP contribution in [0.5, 0.6) is 5.75 Å². The fourth-order valence-corrected chi connectivity index (χ4v) is 1.63. The van der Waals surface area contributed by atoms with Gasteiger partial charge in [0.1, 0.15) is 5.75 Å². The Morgan fingerprint density at radius 3 is 2.61 bits per heavy atom. The lowest BCUT2D eigenvalue weighted by Gasteiger charge is -2.22. The summed E-state index contributed by atoms with van der Waals surface area (Å²) in [6.07, 6.45) is 1.87. The van der Waals surface area contributed by atoms with Gasteiger partial charge in [-0.2, -0.15) is 0 Å². The van der Waals surface area contributed by atoms with E-state index >= 15 is 0 Å². The molecule has 0 saturated carbocycles. The summed E-state index contributed by atoms with van der Waals surface area (Å²) in [5.41, 5.74) is 0.972. The molecule has 0 saturated heterocycles. The summed E-state index contributed by atoms with van der Waals surface area (Å²) in [6.45, 7) is 7.35. The molecular weight excluding hydrogens is 230 g/mol. The van der Waals surface area contributed by atoms with Crippen LogP contribution in [0, 0.1) is 0 Å². The Kier molecular flexibility index (Phi) is 5.77. The highest BCUT2D eigenvalue weighted by atomic mass is 16.5. The molecule has 4 nitrogen and oxygen atoms in total. The van der Waals surface area contributed by atoms with Crippen molar-refractivity contribution >= 4 is 11.7 Å². The van der Waals surface area contributed by atoms with Crippen LogP contribution < -0.4 is 9.64 Å². The molecule has 0 aliphatic heterocycles. The van der Waals surface area contributed by atoms with Crippen molar-refractivity contribution in [2.45, 2.75) is 13.3 Å². The highest BCUT2D eigenvalue weighted by Gasteiger charge is 2.07. The summed E-state index contributed by atoms with van der Waals surface area (Å²) in [4.78, 5) is 12.6. The lowest BCUT2D eigenvalue weighted by molar-refractivity contribution is -0.136. The molecular formula is C14H19NO3. The second-order valence-electron chi connectivity index (χ2n) is 3.81. The van der Waals surface area contributed by atoms with Gasteiger partial charge in [-0.1, -0.05) is 6.08 Å². The Morgan fingerprint density at radius 1 is 1.44 bits per heavy atom. The topological polar surface area (TPSA) is 49.8 Å². The number of nitrogens with zero attached hydrogens (tertiary/aromatic N) is 1. The van der Waals surface area contributed by atoms with Crippen LogP contribution in [0.1, 0.15) is 13.3 Å². The van der Waals surface area contributed by atoms with Gasteiger partial charge in [0.25, 0.3) is 0 Å². The van der Waals surface area contributed by atoms with Crippen LogP contribution in [0.15, 0.2) is 36.9 Å². The van der Waals surface area contributed by atoms with Crippen molar-refractivity contribution in [2.75, 3.05) is 24.6 Å². The van der Waals surface area contributed by atoms with E-state index in [0.29, 0.717) is 19.7 Å². The second kappa shape index (κ2) is 7.37. The summed E-state index contributed by atoms with van der Waals surface area (Å²) in [5.74, 6) is 0.0213. The van der Waals surface area contributed by atoms with E-state index in [9.17, 15) is 4.79 Å². The van der Waals surface area contributed by atoms with E-state index in [1.165, 1.54) is 0 Å². The van der Waals surface area contributed by atoms with Gasteiger partial charge in [-0.25, -0.2) is 0 Å². The molecule has 0 unspecified atom stereocenters. The first-order valence-electron chi connectivity index (χ1n) is 5.98. The maximum atomic E-state index is 10.6. The van der Waals surface area contributed by atoms with E-state index in [1.54, 1.807) is 6.08 Å². The molecule has 4 heteroatoms. The van der Waals surface area contributed by atoms with Gasteiger partial charge in [0.2, 0.25) is 0 Å². The van der Waals surface area contributed by atoms with Gasteiger partial charge in [-0.05, 0) is 31.2 Å². The Balaban J connectivity index is 2.71. The zero-order valence-corrected chi connectivity index (χ0v) is 10.6. The molecule has 0 aliphatic rings. The maximum Gasteiger partial charge on any atom is 0.305 e. The predicted molar refractivity (Wildman–Crippen MR) is 72.3 cm³/mol. The first-order valence-corrected chi connectivity index (χ1v) is 5.98. The van der Waals surface area contributed by atoms with Crippen molar-refractivity contribution in [1.82, 2.24) is 0 Å². The Labute approximate surface area is 107 Å². The number of aliphatic carboxylic acids is 1. The highest BCUT2D eigenvalue weighted by molar-refractivity contribution is 5.67. The number of benzene rings is 1. The molecule has 1 aromatic rings. The molecule has 0 aliphatic carbocycles. The summed E-state index contributed by atoms with van der Waals surface area (Å²) in [5, 5.41) is 8.72. The molecule has 1 aromatic carbocycles. The quantitative estimate of drug-likeness (QED) is 0.719. The van der Waals surface area contributed by atoms with Crippen LogP contribution >= 0.6 is 0 Å². The predicted octanol–water partition coefficient (Wildman–Crippen LogP) is 2.55. The first kappa shape index (κ1) is 14.1. The van der Waals surface area contributed by atoms with Crippen LogP contribution in [-0.4, -0.2) is 30.8 Å². The van der Waals surface area contributed by atoms with Crippen LogP contribution in [0.25, 0.3) is 0 Å². The van der Waals surface area contributed by atoms with Gasteiger partial charge in [-0.15, -0.1) is 6.58 Å². The average molecular weight is 249 g/mol. The first-order chi connectivity index (χ1) is 8.67. The summed E-state index contributed by atoms with van der Waals surface area (Å²) in [7, 11) is 0. The minimum atomic E-state index is -0.796. The Bertz CT molecular complexity index is 387. The lowest BCUT2D eigenvalue weighted by atomic mass is 10.2. The average Bonchev–Trinajstić information content (AvgIpc) is 2.36. The van der Waals surface area contributed by atoms with E-state index in [4.69, 9.17) is 9.84 Å². The summed E-state index contributed by atoms with van der Waals surface area (Å²) >= 11 is 0. The largest absolute Gasteiger partial charge is 0.494 e. The van der Waals surface area contributed by atoms with Crippen molar-refractivity contribution in [3.05, 3.63) is 36.9 Å². The summed E-state index contributed by atoms with van der Waals surface area (Å²) < 4.78 is 5.37. The minimum absolute atomic E-state index is 0.112. The third-order valence-electron chi connectivity index (χ3n) is 2.46. The number of ether oxygens (including phenoxy) is 1. The smallest absolute Gasteiger partial charge is 0.305 e. The lowest BCUT2D eigenvalue weighted by Crippen LogP contribution is -2.26. The molecule has 0 spiro atoms. The zero-order chi connectivity index (χ0) is 13.4. The molecule has 0 atom stereocenters. The van der Waals surface area contributed by atoms with Crippen molar-refractivity contribution in [1.29, 1.82) is 0 Å². The van der Waals surface area contributed by atoms with E-state index < -0.39 is 5.97 Å². The van der Waals surface area contributed by atoms with Crippen LogP contribution in [-0.2, 0) is 4.79 Å². The normalized spacial score (nSPS) is 9.83. The molecule has 0 fully saturated rings. The molecule has 0 aromatic heterocycles. The Morgan fingerprint density at radius 2 is 2.11 bits per heavy atom. The number of hydrogen-bond acceptors (Lipinski definition) is 3. The maximum absolute atomic E-state index is 10.6. The van der Waals surface area contributed by atoms with Crippen LogP contribution in [0.2, 0.25) is 0 Å². The minimum Gasteiger partial charge on any atom is -0.494 e. The Hall–Kier alpha value is -1.97. The SMILES string of the molecule is C=CCN(CCC(=O)O)c1ccc(OCC)cc1. The van der Waals surface area contributed by atoms with Crippen LogP contribution in [0.4, 0.5) is 5.69 Å². The van der Waals surface area contributed by atoms with Crippen LogP contribution in [0.3, 0.4) is 0 Å². The van der Waals surface area contributed by atoms with Gasteiger partial charge in [0, 0.05) is 18.8 Å². The third kappa shape index (κ3) is 4.49. The van der Waals surface area contributed by atoms with Gasteiger partial charge in [0.15, 0.2) is 0 Å². The van der Waals surface area contributed by atoms with Gasteiger partial charge >= 0.3 is 5.97 Å². The highest BCUT2D eigenvalue weighted by Crippen LogP contribution is 2.19. The van der Waals surface area contributed by atoms with Crippen molar-refractivity contribution in [3.8, 4) is 5.75 Å². The zero-order valence-electron chi connectivity index (χ0n) is 10.6. The number of carbonyl (C=O) groups is 1. The molecule has 18 heavy (non-hydrogen) atoms. The molecule has 0 heterocycles. The number of anilines is 1.